The molecule has 0 saturated heterocycles. The molecule has 0 aliphatic heterocycles. The lowest BCUT2D eigenvalue weighted by molar-refractivity contribution is 0.0982. The van der Waals surface area contributed by atoms with Crippen molar-refractivity contribution < 1.29 is 22.3 Å². The van der Waals surface area contributed by atoms with Crippen LogP contribution in [0.5, 0.6) is 5.75 Å². The van der Waals surface area contributed by atoms with Gasteiger partial charge in [-0.1, -0.05) is 12.1 Å². The van der Waals surface area contributed by atoms with E-state index in [4.69, 9.17) is 4.74 Å². The van der Waals surface area contributed by atoms with Gasteiger partial charge in [0, 0.05) is 30.6 Å². The number of benzene rings is 2. The summed E-state index contributed by atoms with van der Waals surface area (Å²) in [5, 5.41) is 0. The molecule has 0 aliphatic rings. The SMILES string of the molecule is CCOc1ccc(S(=O)(=O)c2ccc(CCC(=O)c3ccc4nccn4c3)cc2)cc1F. The van der Waals surface area contributed by atoms with Gasteiger partial charge in [-0.05, 0) is 61.4 Å². The van der Waals surface area contributed by atoms with E-state index in [1.807, 2.05) is 0 Å². The van der Waals surface area contributed by atoms with Gasteiger partial charge in [0.25, 0.3) is 0 Å². The van der Waals surface area contributed by atoms with Crippen molar-refractivity contribution >= 4 is 21.3 Å². The first-order valence-electron chi connectivity index (χ1n) is 10.1. The molecule has 2 aromatic carbocycles. The molecule has 0 atom stereocenters. The summed E-state index contributed by atoms with van der Waals surface area (Å²) >= 11 is 0. The highest BCUT2D eigenvalue weighted by molar-refractivity contribution is 7.91. The molecule has 164 valence electrons. The Morgan fingerprint density at radius 3 is 2.53 bits per heavy atom. The van der Waals surface area contributed by atoms with Crippen LogP contribution >= 0.6 is 0 Å². The lowest BCUT2D eigenvalue weighted by Gasteiger charge is -2.09. The number of aryl methyl sites for hydroxylation is 1. The number of aromatic nitrogens is 2. The third kappa shape index (κ3) is 4.40. The molecule has 8 heteroatoms. The van der Waals surface area contributed by atoms with Gasteiger partial charge in [0.1, 0.15) is 5.65 Å². The predicted molar refractivity (Wildman–Crippen MR) is 117 cm³/mol. The molecule has 2 heterocycles. The number of imidazole rings is 1. The Bertz CT molecular complexity index is 1380. The van der Waals surface area contributed by atoms with Crippen LogP contribution in [0.25, 0.3) is 5.65 Å². The largest absolute Gasteiger partial charge is 0.491 e. The van der Waals surface area contributed by atoms with Gasteiger partial charge in [0.15, 0.2) is 17.3 Å². The van der Waals surface area contributed by atoms with Crippen molar-refractivity contribution in [1.82, 2.24) is 9.38 Å². The lowest BCUT2D eigenvalue weighted by atomic mass is 10.0. The first kappa shape index (κ1) is 21.7. The van der Waals surface area contributed by atoms with Crippen molar-refractivity contribution in [3.05, 3.63) is 90.1 Å². The molecule has 32 heavy (non-hydrogen) atoms. The Morgan fingerprint density at radius 2 is 1.81 bits per heavy atom. The normalized spacial score (nSPS) is 11.6. The Morgan fingerprint density at radius 1 is 1.06 bits per heavy atom. The van der Waals surface area contributed by atoms with Crippen LogP contribution in [0.3, 0.4) is 0 Å². The number of hydrogen-bond donors (Lipinski definition) is 0. The molecule has 0 spiro atoms. The van der Waals surface area contributed by atoms with Crippen molar-refractivity contribution in [2.75, 3.05) is 6.61 Å². The molecule has 0 bridgehead atoms. The zero-order valence-corrected chi connectivity index (χ0v) is 18.2. The Balaban J connectivity index is 1.45. The summed E-state index contributed by atoms with van der Waals surface area (Å²) in [5.41, 5.74) is 2.19. The number of ether oxygens (including phenoxy) is 1. The Kier molecular flexibility index (Phi) is 6.05. The maximum atomic E-state index is 14.1. The number of hydrogen-bond acceptors (Lipinski definition) is 5. The molecule has 0 radical (unpaired) electrons. The average Bonchev–Trinajstić information content (AvgIpc) is 3.27. The van der Waals surface area contributed by atoms with Gasteiger partial charge in [-0.3, -0.25) is 4.79 Å². The minimum atomic E-state index is -3.87. The molecule has 4 rings (SSSR count). The van der Waals surface area contributed by atoms with E-state index in [2.05, 4.69) is 4.98 Å². The zero-order valence-electron chi connectivity index (χ0n) is 17.4. The summed E-state index contributed by atoms with van der Waals surface area (Å²) in [5.74, 6) is -0.724. The number of sulfone groups is 1. The Labute approximate surface area is 185 Å². The highest BCUT2D eigenvalue weighted by Crippen LogP contribution is 2.26. The second-order valence-corrected chi connectivity index (χ2v) is 9.16. The summed E-state index contributed by atoms with van der Waals surface area (Å²) in [6, 6.07) is 13.4. The smallest absolute Gasteiger partial charge is 0.206 e. The van der Waals surface area contributed by atoms with Gasteiger partial charge >= 0.3 is 0 Å². The van der Waals surface area contributed by atoms with E-state index in [9.17, 15) is 17.6 Å². The van der Waals surface area contributed by atoms with Gasteiger partial charge in [-0.15, -0.1) is 0 Å². The fourth-order valence-electron chi connectivity index (χ4n) is 3.38. The van der Waals surface area contributed by atoms with E-state index in [1.54, 1.807) is 54.2 Å². The van der Waals surface area contributed by atoms with Crippen molar-refractivity contribution in [3.8, 4) is 5.75 Å². The summed E-state index contributed by atoms with van der Waals surface area (Å²) in [6.45, 7) is 2.00. The molecule has 0 unspecified atom stereocenters. The van der Waals surface area contributed by atoms with E-state index in [1.165, 1.54) is 24.3 Å². The molecular weight excluding hydrogens is 431 g/mol. The number of carbonyl (C=O) groups is 1. The van der Waals surface area contributed by atoms with Gasteiger partial charge in [-0.25, -0.2) is 17.8 Å². The monoisotopic (exact) mass is 452 g/mol. The van der Waals surface area contributed by atoms with Gasteiger partial charge in [-0.2, -0.15) is 0 Å². The van der Waals surface area contributed by atoms with Crippen LogP contribution in [0.15, 0.2) is 83.0 Å². The van der Waals surface area contributed by atoms with Crippen LogP contribution in [0, 0.1) is 5.82 Å². The molecular formula is C24H21FN2O4S. The number of Topliss-reactive ketones (excluding diaryl/α,β-unsaturated/α-hetero) is 1. The lowest BCUT2D eigenvalue weighted by Crippen LogP contribution is -2.05. The predicted octanol–water partition coefficient (Wildman–Crippen LogP) is 4.52. The van der Waals surface area contributed by atoms with Crippen LogP contribution in [-0.2, 0) is 16.3 Å². The van der Waals surface area contributed by atoms with E-state index in [0.717, 1.165) is 17.3 Å². The van der Waals surface area contributed by atoms with Gasteiger partial charge in [0.05, 0.1) is 16.4 Å². The fraction of sp³-hybridized carbons (Fsp3) is 0.167. The molecule has 0 fully saturated rings. The summed E-state index contributed by atoms with van der Waals surface area (Å²) in [4.78, 5) is 16.6. The molecule has 6 nitrogen and oxygen atoms in total. The minimum Gasteiger partial charge on any atom is -0.491 e. The standard InChI is InChI=1S/C24H21FN2O4S/c1-2-31-23-11-9-20(15-21(23)25)32(29,30)19-7-3-17(4-8-19)5-10-22(28)18-6-12-24-26-13-14-27(24)16-18/h3-4,6-9,11-16H,2,5,10H2,1H3. The van der Waals surface area contributed by atoms with Gasteiger partial charge in [0.2, 0.25) is 9.84 Å². The highest BCUT2D eigenvalue weighted by Gasteiger charge is 2.20. The summed E-state index contributed by atoms with van der Waals surface area (Å²) in [6.07, 6.45) is 5.95. The third-order valence-corrected chi connectivity index (χ3v) is 6.87. The van der Waals surface area contributed by atoms with Crippen LogP contribution in [0.2, 0.25) is 0 Å². The van der Waals surface area contributed by atoms with Crippen LogP contribution in [-0.4, -0.2) is 30.2 Å². The molecule has 0 saturated carbocycles. The number of ketones is 1. The van der Waals surface area contributed by atoms with E-state index in [-0.39, 0.29) is 34.4 Å². The molecule has 0 aliphatic carbocycles. The number of rotatable bonds is 8. The third-order valence-electron chi connectivity index (χ3n) is 5.10. The van der Waals surface area contributed by atoms with Crippen LogP contribution in [0.1, 0.15) is 29.3 Å². The van der Waals surface area contributed by atoms with Crippen LogP contribution < -0.4 is 4.74 Å². The molecule has 2 aromatic heterocycles. The summed E-state index contributed by atoms with van der Waals surface area (Å²) in [7, 11) is -3.87. The highest BCUT2D eigenvalue weighted by atomic mass is 32.2. The maximum absolute atomic E-state index is 14.1. The van der Waals surface area contributed by atoms with Crippen molar-refractivity contribution in [2.45, 2.75) is 29.6 Å². The molecule has 0 amide bonds. The molecule has 4 aromatic rings. The van der Waals surface area contributed by atoms with E-state index < -0.39 is 15.7 Å². The number of pyridine rings is 1. The topological polar surface area (TPSA) is 77.7 Å². The molecule has 0 N–H and O–H groups in total. The van der Waals surface area contributed by atoms with Gasteiger partial charge < -0.3 is 9.14 Å². The second kappa shape index (κ2) is 8.92. The van der Waals surface area contributed by atoms with Crippen molar-refractivity contribution in [2.24, 2.45) is 0 Å². The number of halogens is 1. The number of carbonyl (C=O) groups excluding carboxylic acids is 1. The van der Waals surface area contributed by atoms with Crippen LogP contribution in [0.4, 0.5) is 4.39 Å². The van der Waals surface area contributed by atoms with Crippen molar-refractivity contribution in [1.29, 1.82) is 0 Å². The zero-order chi connectivity index (χ0) is 22.7. The fourth-order valence-corrected chi connectivity index (χ4v) is 4.65. The first-order chi connectivity index (χ1) is 15.4. The van der Waals surface area contributed by atoms with E-state index >= 15 is 0 Å². The van der Waals surface area contributed by atoms with Crippen molar-refractivity contribution in [3.63, 3.8) is 0 Å². The van der Waals surface area contributed by atoms with E-state index in [0.29, 0.717) is 12.0 Å². The quantitative estimate of drug-likeness (QED) is 0.367. The maximum Gasteiger partial charge on any atom is 0.206 e. The first-order valence-corrected chi connectivity index (χ1v) is 11.6. The second-order valence-electron chi connectivity index (χ2n) is 7.21. The average molecular weight is 453 g/mol. The number of nitrogens with zero attached hydrogens (tertiary/aromatic N) is 2. The minimum absolute atomic E-state index is 0.0119. The summed E-state index contributed by atoms with van der Waals surface area (Å²) < 4.78 is 46.7. The Hall–Kier alpha value is -3.52. The number of fused-ring (bicyclic) bond motifs is 1.